The molecule has 0 radical (unpaired) electrons. The first-order chi connectivity index (χ1) is 10.0. The van der Waals surface area contributed by atoms with Crippen LogP contribution in [-0.4, -0.2) is 44.6 Å². The summed E-state index contributed by atoms with van der Waals surface area (Å²) in [4.78, 5) is 29.6. The van der Waals surface area contributed by atoms with Gasteiger partial charge in [0.1, 0.15) is 5.82 Å². The lowest BCUT2D eigenvalue weighted by Gasteiger charge is -2.23. The predicted molar refractivity (Wildman–Crippen MR) is 74.4 cm³/mol. The van der Waals surface area contributed by atoms with Gasteiger partial charge in [0.25, 0.3) is 0 Å². The zero-order valence-electron chi connectivity index (χ0n) is 12.1. The number of hydrogen-bond donors (Lipinski definition) is 2. The first-order valence-electron chi connectivity index (χ1n) is 7.25. The van der Waals surface area contributed by atoms with Crippen LogP contribution in [0.25, 0.3) is 0 Å². The number of likely N-dealkylation sites (tertiary alicyclic amines) is 1. The second-order valence-corrected chi connectivity index (χ2v) is 6.04. The van der Waals surface area contributed by atoms with E-state index in [9.17, 15) is 14.7 Å². The number of fused-ring (bicyclic) bond motifs is 1. The van der Waals surface area contributed by atoms with E-state index >= 15 is 0 Å². The average Bonchev–Trinajstić information content (AvgIpc) is 3.09. The lowest BCUT2D eigenvalue weighted by molar-refractivity contribution is -0.149. The Morgan fingerprint density at radius 2 is 2.38 bits per heavy atom. The molecule has 2 heterocycles. The van der Waals surface area contributed by atoms with Crippen molar-refractivity contribution in [3.63, 3.8) is 0 Å². The highest BCUT2D eigenvalue weighted by atomic mass is 16.4. The Bertz CT molecular complexity index is 570. The minimum Gasteiger partial charge on any atom is -0.481 e. The molecule has 1 aliphatic heterocycles. The molecule has 0 spiro atoms. The van der Waals surface area contributed by atoms with Crippen molar-refractivity contribution in [1.82, 2.24) is 19.8 Å². The average molecular weight is 292 g/mol. The Hall–Kier alpha value is -2.05. The lowest BCUT2D eigenvalue weighted by atomic mass is 9.81. The molecular formula is C14H20N4O3. The third-order valence-electron chi connectivity index (χ3n) is 4.90. The summed E-state index contributed by atoms with van der Waals surface area (Å²) in [5.74, 6) is 0.106. The number of carboxylic acids is 1. The minimum atomic E-state index is -0.760. The highest BCUT2D eigenvalue weighted by Gasteiger charge is 2.55. The summed E-state index contributed by atoms with van der Waals surface area (Å²) in [6.45, 7) is 1.21. The fraction of sp³-hybridized carbons (Fsp3) is 0.643. The van der Waals surface area contributed by atoms with Crippen molar-refractivity contribution in [3.8, 4) is 0 Å². The van der Waals surface area contributed by atoms with Gasteiger partial charge in [-0.05, 0) is 18.8 Å². The van der Waals surface area contributed by atoms with Gasteiger partial charge in [0.05, 0.1) is 12.0 Å². The standard InChI is InChI=1S/C14H20N4O3/c1-17-6-5-15-11(17)7-16-13(21)18-8-10-3-2-4-14(10,9-18)12(19)20/h5-6,10H,2-4,7-9H2,1H3,(H,16,21)(H,19,20)/t10-,14+/m0/s1. The van der Waals surface area contributed by atoms with Gasteiger partial charge in [-0.25, -0.2) is 9.78 Å². The number of nitrogens with one attached hydrogen (secondary N) is 1. The molecule has 1 aromatic rings. The number of aromatic nitrogens is 2. The number of amides is 2. The largest absolute Gasteiger partial charge is 0.481 e. The van der Waals surface area contributed by atoms with Crippen molar-refractivity contribution >= 4 is 12.0 Å². The Labute approximate surface area is 122 Å². The van der Waals surface area contributed by atoms with Gasteiger partial charge in [0, 0.05) is 32.5 Å². The predicted octanol–water partition coefficient (Wildman–Crippen LogP) is 0.816. The van der Waals surface area contributed by atoms with Crippen LogP contribution in [0.15, 0.2) is 12.4 Å². The van der Waals surface area contributed by atoms with Crippen LogP contribution >= 0.6 is 0 Å². The Kier molecular flexibility index (Phi) is 3.35. The molecule has 3 rings (SSSR count). The van der Waals surface area contributed by atoms with Gasteiger partial charge < -0.3 is 19.9 Å². The van der Waals surface area contributed by atoms with Gasteiger partial charge in [-0.3, -0.25) is 4.79 Å². The van der Waals surface area contributed by atoms with E-state index in [1.165, 1.54) is 0 Å². The van der Waals surface area contributed by atoms with Crippen LogP contribution < -0.4 is 5.32 Å². The maximum atomic E-state index is 12.2. The van der Waals surface area contributed by atoms with Gasteiger partial charge in [0.15, 0.2) is 0 Å². The second-order valence-electron chi connectivity index (χ2n) is 6.04. The number of aryl methyl sites for hydroxylation is 1. The summed E-state index contributed by atoms with van der Waals surface area (Å²) in [6, 6.07) is -0.201. The number of rotatable bonds is 3. The molecule has 0 aromatic carbocycles. The number of imidazole rings is 1. The molecule has 114 valence electrons. The van der Waals surface area contributed by atoms with Crippen molar-refractivity contribution in [1.29, 1.82) is 0 Å². The van der Waals surface area contributed by atoms with E-state index in [-0.39, 0.29) is 11.9 Å². The summed E-state index contributed by atoms with van der Waals surface area (Å²) >= 11 is 0. The Balaban J connectivity index is 1.62. The quantitative estimate of drug-likeness (QED) is 0.863. The van der Waals surface area contributed by atoms with Crippen LogP contribution in [0, 0.1) is 11.3 Å². The first-order valence-corrected chi connectivity index (χ1v) is 7.25. The summed E-state index contributed by atoms with van der Waals surface area (Å²) in [6.07, 6.45) is 6.02. The maximum Gasteiger partial charge on any atom is 0.317 e. The second kappa shape index (κ2) is 5.05. The normalized spacial score (nSPS) is 27.7. The van der Waals surface area contributed by atoms with Crippen LogP contribution in [0.1, 0.15) is 25.1 Å². The van der Waals surface area contributed by atoms with Gasteiger partial charge in [-0.2, -0.15) is 0 Å². The molecular weight excluding hydrogens is 272 g/mol. The smallest absolute Gasteiger partial charge is 0.317 e. The molecule has 2 fully saturated rings. The van der Waals surface area contributed by atoms with Crippen LogP contribution in [0.5, 0.6) is 0 Å². The number of hydrogen-bond acceptors (Lipinski definition) is 3. The highest BCUT2D eigenvalue weighted by molar-refractivity contribution is 5.80. The van der Waals surface area contributed by atoms with Crippen LogP contribution in [0.3, 0.4) is 0 Å². The van der Waals surface area contributed by atoms with Crippen LogP contribution in [0.4, 0.5) is 4.79 Å². The molecule has 2 atom stereocenters. The zero-order chi connectivity index (χ0) is 15.0. The number of urea groups is 1. The number of nitrogens with zero attached hydrogens (tertiary/aromatic N) is 3. The van der Waals surface area contributed by atoms with E-state index in [4.69, 9.17) is 0 Å². The van der Waals surface area contributed by atoms with E-state index < -0.39 is 11.4 Å². The van der Waals surface area contributed by atoms with Crippen molar-refractivity contribution in [3.05, 3.63) is 18.2 Å². The number of carbonyl (C=O) groups excluding carboxylic acids is 1. The molecule has 1 aromatic heterocycles. The van der Waals surface area contributed by atoms with E-state index in [1.54, 1.807) is 11.1 Å². The molecule has 7 heteroatoms. The molecule has 7 nitrogen and oxygen atoms in total. The summed E-state index contributed by atoms with van der Waals surface area (Å²) in [7, 11) is 1.87. The fourth-order valence-electron chi connectivity index (χ4n) is 3.63. The molecule has 1 saturated carbocycles. The summed E-state index contributed by atoms with van der Waals surface area (Å²) in [5.41, 5.74) is -0.722. The van der Waals surface area contributed by atoms with Gasteiger partial charge >= 0.3 is 12.0 Å². The van der Waals surface area contributed by atoms with E-state index in [0.717, 1.165) is 18.7 Å². The molecule has 0 bridgehead atoms. The number of carboxylic acid groups (broad SMARTS) is 1. The van der Waals surface area contributed by atoms with Gasteiger partial charge in [0.2, 0.25) is 0 Å². The molecule has 2 aliphatic rings. The van der Waals surface area contributed by atoms with Crippen molar-refractivity contribution < 1.29 is 14.7 Å². The van der Waals surface area contributed by atoms with Gasteiger partial charge in [-0.15, -0.1) is 0 Å². The SMILES string of the molecule is Cn1ccnc1CNC(=O)N1C[C@@H]2CCC[C@@]2(C(=O)O)C1. The van der Waals surface area contributed by atoms with Crippen molar-refractivity contribution in [2.45, 2.75) is 25.8 Å². The Morgan fingerprint density at radius 3 is 3.00 bits per heavy atom. The maximum absolute atomic E-state index is 12.2. The van der Waals surface area contributed by atoms with Crippen molar-refractivity contribution in [2.24, 2.45) is 18.4 Å². The molecule has 21 heavy (non-hydrogen) atoms. The first kappa shape index (κ1) is 13.9. The fourth-order valence-corrected chi connectivity index (χ4v) is 3.63. The van der Waals surface area contributed by atoms with Crippen molar-refractivity contribution in [2.75, 3.05) is 13.1 Å². The molecule has 1 saturated heterocycles. The molecule has 1 aliphatic carbocycles. The molecule has 0 unspecified atom stereocenters. The monoisotopic (exact) mass is 292 g/mol. The summed E-state index contributed by atoms with van der Waals surface area (Å²) in [5, 5.41) is 12.3. The van der Waals surface area contributed by atoms with Crippen LogP contribution in [0.2, 0.25) is 0 Å². The third kappa shape index (κ3) is 2.26. The minimum absolute atomic E-state index is 0.0916. The highest BCUT2D eigenvalue weighted by Crippen LogP contribution is 2.48. The topological polar surface area (TPSA) is 87.5 Å². The van der Waals surface area contributed by atoms with E-state index in [0.29, 0.717) is 26.1 Å². The van der Waals surface area contributed by atoms with E-state index in [1.807, 2.05) is 17.8 Å². The Morgan fingerprint density at radius 1 is 1.57 bits per heavy atom. The van der Waals surface area contributed by atoms with Crippen LogP contribution in [-0.2, 0) is 18.4 Å². The number of carbonyl (C=O) groups is 2. The zero-order valence-corrected chi connectivity index (χ0v) is 12.1. The molecule has 2 N–H and O–H groups in total. The van der Waals surface area contributed by atoms with Gasteiger partial charge in [-0.1, -0.05) is 6.42 Å². The lowest BCUT2D eigenvalue weighted by Crippen LogP contribution is -2.41. The number of aliphatic carboxylic acids is 1. The van der Waals surface area contributed by atoms with E-state index in [2.05, 4.69) is 10.3 Å². The third-order valence-corrected chi connectivity index (χ3v) is 4.90. The summed E-state index contributed by atoms with van der Waals surface area (Å²) < 4.78 is 1.84. The molecule has 2 amide bonds.